The lowest BCUT2D eigenvalue weighted by Gasteiger charge is -2.61. The maximum absolute atomic E-state index is 16.8. The number of halogens is 1. The van der Waals surface area contributed by atoms with Gasteiger partial charge in [0, 0.05) is 22.3 Å². The highest BCUT2D eigenvalue weighted by Crippen LogP contribution is 2.68. The molecule has 0 heterocycles. The maximum Gasteiger partial charge on any atom is 0.184 e. The number of alkyl halides is 1. The Morgan fingerprint density at radius 2 is 2.04 bits per heavy atom. The number of Topliss-reactive ketones (excluding diaryl/α,β-unsaturated/α-hetero) is 1. The Morgan fingerprint density at radius 3 is 2.70 bits per heavy atom. The number of aliphatic hydroxyl groups is 2. The number of rotatable bonds is 2. The standard InChI is InChI=1S/C22H27FO4/c1-12-8-16-15-5-4-13-9-14(25)6-7-21(13,3)22(15,23)18(27)10-20(16,2)19(12)17(26)11-24/h6-7,9,15-16,18,24,27H,4-5,8,10-11H2,1-3H3/t15-,16-,18-,20-,21-,22?/m0/s1. The largest absolute Gasteiger partial charge is 0.390 e. The molecule has 0 bridgehead atoms. The highest BCUT2D eigenvalue weighted by atomic mass is 19.1. The highest BCUT2D eigenvalue weighted by molar-refractivity contribution is 6.01. The van der Waals surface area contributed by atoms with Gasteiger partial charge in [0.1, 0.15) is 6.61 Å². The first-order chi connectivity index (χ1) is 12.6. The monoisotopic (exact) mass is 374 g/mol. The Labute approximate surface area is 158 Å². The smallest absolute Gasteiger partial charge is 0.184 e. The van der Waals surface area contributed by atoms with E-state index < -0.39 is 35.1 Å². The summed E-state index contributed by atoms with van der Waals surface area (Å²) in [6.45, 7) is 5.04. The Balaban J connectivity index is 1.82. The lowest BCUT2D eigenvalue weighted by Crippen LogP contribution is -2.66. The molecule has 5 heteroatoms. The van der Waals surface area contributed by atoms with Crippen molar-refractivity contribution in [1.29, 1.82) is 0 Å². The second-order valence-electron chi connectivity index (χ2n) is 9.21. The Hall–Kier alpha value is -1.59. The van der Waals surface area contributed by atoms with E-state index in [2.05, 4.69) is 0 Å². The first-order valence-electron chi connectivity index (χ1n) is 9.75. The molecule has 1 unspecified atom stereocenters. The molecule has 6 atom stereocenters. The van der Waals surface area contributed by atoms with Gasteiger partial charge >= 0.3 is 0 Å². The molecular weight excluding hydrogens is 347 g/mol. The maximum atomic E-state index is 16.8. The van der Waals surface area contributed by atoms with Gasteiger partial charge in [-0.05, 0) is 57.6 Å². The van der Waals surface area contributed by atoms with Crippen molar-refractivity contribution in [2.75, 3.05) is 6.61 Å². The lowest BCUT2D eigenvalue weighted by atomic mass is 9.45. The van der Waals surface area contributed by atoms with Crippen LogP contribution in [0.1, 0.15) is 46.5 Å². The van der Waals surface area contributed by atoms with E-state index in [1.165, 1.54) is 12.2 Å². The van der Waals surface area contributed by atoms with E-state index in [0.29, 0.717) is 24.8 Å². The minimum Gasteiger partial charge on any atom is -0.390 e. The summed E-state index contributed by atoms with van der Waals surface area (Å²) in [5.41, 5.74) is -1.28. The molecular formula is C22H27FO4. The van der Waals surface area contributed by atoms with Crippen LogP contribution >= 0.6 is 0 Å². The molecule has 0 amide bonds. The second kappa shape index (κ2) is 5.71. The topological polar surface area (TPSA) is 74.6 Å². The van der Waals surface area contributed by atoms with E-state index in [4.69, 9.17) is 0 Å². The average molecular weight is 374 g/mol. The minimum absolute atomic E-state index is 0.0965. The SMILES string of the molecule is CC1=C(C(=O)CO)[C@@]2(C)C[C@H](O)C3(F)[C@@H](CCC4=CC(=O)C=C[C@@]43C)[C@@H]2C1. The normalized spacial score (nSPS) is 45.9. The third-order valence-corrected chi connectivity index (χ3v) is 7.98. The predicted octanol–water partition coefficient (Wildman–Crippen LogP) is 2.85. The zero-order valence-corrected chi connectivity index (χ0v) is 16.1. The molecule has 146 valence electrons. The quantitative estimate of drug-likeness (QED) is 0.779. The van der Waals surface area contributed by atoms with E-state index in [1.54, 1.807) is 13.0 Å². The lowest BCUT2D eigenvalue weighted by molar-refractivity contribution is -0.185. The molecule has 2 saturated carbocycles. The van der Waals surface area contributed by atoms with Crippen LogP contribution in [-0.2, 0) is 9.59 Å². The third kappa shape index (κ3) is 2.16. The molecule has 2 fully saturated rings. The van der Waals surface area contributed by atoms with E-state index in [9.17, 15) is 19.8 Å². The van der Waals surface area contributed by atoms with Crippen LogP contribution in [0.5, 0.6) is 0 Å². The van der Waals surface area contributed by atoms with Crippen molar-refractivity contribution < 1.29 is 24.2 Å². The van der Waals surface area contributed by atoms with Crippen molar-refractivity contribution in [3.63, 3.8) is 0 Å². The number of hydrogen-bond donors (Lipinski definition) is 2. The summed E-state index contributed by atoms with van der Waals surface area (Å²) in [6, 6.07) is 0. The van der Waals surface area contributed by atoms with E-state index in [0.717, 1.165) is 11.1 Å². The van der Waals surface area contributed by atoms with E-state index in [-0.39, 0.29) is 23.9 Å². The van der Waals surface area contributed by atoms with E-state index >= 15 is 4.39 Å². The van der Waals surface area contributed by atoms with Crippen LogP contribution in [0.15, 0.2) is 34.9 Å². The molecule has 0 aliphatic heterocycles. The molecule has 27 heavy (non-hydrogen) atoms. The van der Waals surface area contributed by atoms with Crippen molar-refractivity contribution in [3.8, 4) is 0 Å². The van der Waals surface area contributed by atoms with Crippen molar-refractivity contribution >= 4 is 11.6 Å². The molecule has 4 rings (SSSR count). The number of carbonyl (C=O) groups is 2. The van der Waals surface area contributed by atoms with Gasteiger partial charge in [-0.1, -0.05) is 24.1 Å². The predicted molar refractivity (Wildman–Crippen MR) is 98.5 cm³/mol. The molecule has 0 spiro atoms. The van der Waals surface area contributed by atoms with Crippen molar-refractivity contribution in [1.82, 2.24) is 0 Å². The number of aliphatic hydroxyl groups excluding tert-OH is 2. The van der Waals surface area contributed by atoms with Crippen molar-refractivity contribution in [3.05, 3.63) is 34.9 Å². The van der Waals surface area contributed by atoms with Gasteiger partial charge in [-0.3, -0.25) is 9.59 Å². The summed E-state index contributed by atoms with van der Waals surface area (Å²) in [5.74, 6) is -0.957. The van der Waals surface area contributed by atoms with Gasteiger partial charge in [-0.2, -0.15) is 0 Å². The summed E-state index contributed by atoms with van der Waals surface area (Å²) in [6.07, 6.45) is 5.24. The molecule has 4 aliphatic carbocycles. The van der Waals surface area contributed by atoms with E-state index in [1.807, 2.05) is 13.8 Å². The van der Waals surface area contributed by atoms with Crippen molar-refractivity contribution in [2.24, 2.45) is 22.7 Å². The van der Waals surface area contributed by atoms with Gasteiger partial charge in [0.05, 0.1) is 6.10 Å². The van der Waals surface area contributed by atoms with Gasteiger partial charge in [-0.25, -0.2) is 4.39 Å². The number of ketones is 2. The average Bonchev–Trinajstić information content (AvgIpc) is 2.86. The zero-order valence-electron chi connectivity index (χ0n) is 16.1. The Morgan fingerprint density at radius 1 is 1.33 bits per heavy atom. The van der Waals surface area contributed by atoms with Crippen LogP contribution in [0.3, 0.4) is 0 Å². The minimum atomic E-state index is -1.88. The third-order valence-electron chi connectivity index (χ3n) is 7.98. The van der Waals surface area contributed by atoms with Crippen LogP contribution in [0.2, 0.25) is 0 Å². The Bertz CT molecular complexity index is 824. The summed E-state index contributed by atoms with van der Waals surface area (Å²) < 4.78 is 16.8. The molecule has 0 radical (unpaired) electrons. The molecule has 2 N–H and O–H groups in total. The summed E-state index contributed by atoms with van der Waals surface area (Å²) in [4.78, 5) is 24.2. The fraction of sp³-hybridized carbons (Fsp3) is 0.636. The summed E-state index contributed by atoms with van der Waals surface area (Å²) >= 11 is 0. The van der Waals surface area contributed by atoms with Gasteiger partial charge < -0.3 is 10.2 Å². The van der Waals surface area contributed by atoms with Gasteiger partial charge in [0.15, 0.2) is 17.2 Å². The van der Waals surface area contributed by atoms with Crippen molar-refractivity contribution in [2.45, 2.75) is 58.2 Å². The van der Waals surface area contributed by atoms with Crippen LogP contribution < -0.4 is 0 Å². The number of carbonyl (C=O) groups excluding carboxylic acids is 2. The Kier molecular flexibility index (Phi) is 3.97. The molecule has 0 aromatic rings. The van der Waals surface area contributed by atoms with Gasteiger partial charge in [-0.15, -0.1) is 0 Å². The first kappa shape index (κ1) is 18.8. The van der Waals surface area contributed by atoms with Crippen LogP contribution in [0.25, 0.3) is 0 Å². The number of fused-ring (bicyclic) bond motifs is 5. The van der Waals surface area contributed by atoms with Crippen LogP contribution in [0, 0.1) is 22.7 Å². The zero-order chi connectivity index (χ0) is 19.8. The highest BCUT2D eigenvalue weighted by Gasteiger charge is 2.70. The van der Waals surface area contributed by atoms with Crippen LogP contribution in [-0.4, -0.2) is 40.2 Å². The van der Waals surface area contributed by atoms with Crippen LogP contribution in [0.4, 0.5) is 4.39 Å². The summed E-state index contributed by atoms with van der Waals surface area (Å²) in [5, 5.41) is 20.5. The van der Waals surface area contributed by atoms with Gasteiger partial charge in [0.2, 0.25) is 0 Å². The van der Waals surface area contributed by atoms with Gasteiger partial charge in [0.25, 0.3) is 0 Å². The number of hydrogen-bond acceptors (Lipinski definition) is 4. The summed E-state index contributed by atoms with van der Waals surface area (Å²) in [7, 11) is 0. The first-order valence-corrected chi connectivity index (χ1v) is 9.75. The molecule has 0 aromatic heterocycles. The molecule has 0 aromatic carbocycles. The molecule has 4 nitrogen and oxygen atoms in total. The molecule has 0 saturated heterocycles. The fourth-order valence-electron chi connectivity index (χ4n) is 6.78. The fourth-order valence-corrected chi connectivity index (χ4v) is 6.78. The number of allylic oxidation sites excluding steroid dienone is 5. The molecule has 4 aliphatic rings. The second-order valence-corrected chi connectivity index (χ2v) is 9.21.